The number of nitrogens with one attached hydrogen (secondary N) is 1. The summed E-state index contributed by atoms with van der Waals surface area (Å²) in [6.45, 7) is 5.05. The number of rotatable bonds is 4. The van der Waals surface area contributed by atoms with Crippen molar-refractivity contribution < 1.29 is 9.21 Å². The van der Waals surface area contributed by atoms with Crippen molar-refractivity contribution in [1.82, 2.24) is 20.3 Å². The fourth-order valence-electron chi connectivity index (χ4n) is 3.56. The van der Waals surface area contributed by atoms with Crippen LogP contribution in [0.3, 0.4) is 0 Å². The number of benzene rings is 1. The van der Waals surface area contributed by atoms with E-state index in [0.717, 1.165) is 18.2 Å². The molecule has 0 spiro atoms. The molecule has 0 bridgehead atoms. The predicted molar refractivity (Wildman–Crippen MR) is 101 cm³/mol. The Morgan fingerprint density at radius 3 is 2.67 bits per heavy atom. The zero-order chi connectivity index (χ0) is 18.8. The number of anilines is 1. The number of oxazole rings is 1. The summed E-state index contributed by atoms with van der Waals surface area (Å²) >= 11 is 0. The molecule has 0 saturated carbocycles. The number of hydrogen-bond donors (Lipinski definition) is 1. The van der Waals surface area contributed by atoms with Crippen molar-refractivity contribution in [2.45, 2.75) is 25.8 Å². The molecule has 0 radical (unpaired) electrons. The van der Waals surface area contributed by atoms with E-state index in [2.05, 4.69) is 37.3 Å². The second-order valence-corrected chi connectivity index (χ2v) is 6.72. The van der Waals surface area contributed by atoms with E-state index in [4.69, 9.17) is 4.42 Å². The maximum absolute atomic E-state index is 12.7. The summed E-state index contributed by atoms with van der Waals surface area (Å²) in [7, 11) is 0. The number of aryl methyl sites for hydroxylation is 2. The van der Waals surface area contributed by atoms with Gasteiger partial charge >= 0.3 is 0 Å². The Morgan fingerprint density at radius 2 is 1.96 bits per heavy atom. The zero-order valence-corrected chi connectivity index (χ0v) is 15.3. The van der Waals surface area contributed by atoms with E-state index in [1.165, 1.54) is 12.0 Å². The van der Waals surface area contributed by atoms with Gasteiger partial charge in [-0.2, -0.15) is 0 Å². The Labute approximate surface area is 157 Å². The molecule has 7 heteroatoms. The molecule has 138 valence electrons. The fraction of sp³-hybridized carbons (Fsp3) is 0.300. The van der Waals surface area contributed by atoms with E-state index in [0.29, 0.717) is 18.0 Å². The van der Waals surface area contributed by atoms with Gasteiger partial charge in [0.05, 0.1) is 6.04 Å². The second kappa shape index (κ2) is 7.19. The van der Waals surface area contributed by atoms with Crippen molar-refractivity contribution in [2.24, 2.45) is 0 Å². The van der Waals surface area contributed by atoms with Crippen molar-refractivity contribution >= 4 is 11.7 Å². The van der Waals surface area contributed by atoms with Crippen LogP contribution >= 0.6 is 0 Å². The van der Waals surface area contributed by atoms with Gasteiger partial charge in [0, 0.05) is 25.2 Å². The van der Waals surface area contributed by atoms with Gasteiger partial charge in [-0.25, -0.2) is 15.0 Å². The van der Waals surface area contributed by atoms with Crippen molar-refractivity contribution in [3.8, 4) is 0 Å². The molecule has 1 aromatic carbocycles. The van der Waals surface area contributed by atoms with Crippen LogP contribution < -0.4 is 10.2 Å². The summed E-state index contributed by atoms with van der Waals surface area (Å²) in [6.07, 6.45) is 3.06. The molecule has 1 aliphatic heterocycles. The molecule has 2 atom stereocenters. The Hall–Kier alpha value is -3.22. The Bertz CT molecular complexity index is 940. The molecule has 27 heavy (non-hydrogen) atoms. The Morgan fingerprint density at radius 1 is 1.15 bits per heavy atom. The van der Waals surface area contributed by atoms with E-state index in [9.17, 15) is 4.79 Å². The van der Waals surface area contributed by atoms with E-state index in [1.807, 2.05) is 31.2 Å². The van der Waals surface area contributed by atoms with Crippen molar-refractivity contribution in [3.63, 3.8) is 0 Å². The monoisotopic (exact) mass is 363 g/mol. The lowest BCUT2D eigenvalue weighted by Crippen LogP contribution is -2.40. The average Bonchev–Trinajstić information content (AvgIpc) is 3.29. The summed E-state index contributed by atoms with van der Waals surface area (Å²) in [5.74, 6) is 2.06. The number of hydrogen-bond acceptors (Lipinski definition) is 6. The van der Waals surface area contributed by atoms with Gasteiger partial charge in [-0.1, -0.05) is 30.3 Å². The van der Waals surface area contributed by atoms with Crippen LogP contribution in [0.5, 0.6) is 0 Å². The van der Waals surface area contributed by atoms with Crippen LogP contribution in [0.2, 0.25) is 0 Å². The number of aromatic nitrogens is 3. The van der Waals surface area contributed by atoms with Crippen LogP contribution in [0.4, 0.5) is 5.82 Å². The van der Waals surface area contributed by atoms with Gasteiger partial charge in [-0.3, -0.25) is 4.79 Å². The highest BCUT2D eigenvalue weighted by Gasteiger charge is 2.36. The van der Waals surface area contributed by atoms with Crippen LogP contribution in [0.25, 0.3) is 0 Å². The normalized spacial score (nSPS) is 19.3. The molecule has 1 N–H and O–H groups in total. The Kier molecular flexibility index (Phi) is 4.58. The number of carbonyl (C=O) groups is 1. The summed E-state index contributed by atoms with van der Waals surface area (Å²) in [4.78, 5) is 27.6. The van der Waals surface area contributed by atoms with Gasteiger partial charge in [0.2, 0.25) is 0 Å². The Balaban J connectivity index is 1.60. The van der Waals surface area contributed by atoms with E-state index in [1.54, 1.807) is 13.1 Å². The van der Waals surface area contributed by atoms with Gasteiger partial charge in [-0.05, 0) is 25.5 Å². The molecule has 0 aliphatic carbocycles. The molecule has 3 heterocycles. The number of carbonyl (C=O) groups excluding carboxylic acids is 1. The number of nitrogens with zero attached hydrogens (tertiary/aromatic N) is 4. The summed E-state index contributed by atoms with van der Waals surface area (Å²) in [5.41, 5.74) is 1.52. The molecule has 0 unspecified atom stereocenters. The third-order valence-electron chi connectivity index (χ3n) is 4.91. The first-order valence-electron chi connectivity index (χ1n) is 8.92. The summed E-state index contributed by atoms with van der Waals surface area (Å²) < 4.78 is 5.17. The lowest BCUT2D eigenvalue weighted by Gasteiger charge is -2.19. The molecular formula is C20H21N5O2. The highest BCUT2D eigenvalue weighted by atomic mass is 16.3. The molecule has 1 aliphatic rings. The average molecular weight is 363 g/mol. The van der Waals surface area contributed by atoms with Crippen molar-refractivity contribution in [3.05, 3.63) is 71.8 Å². The van der Waals surface area contributed by atoms with E-state index < -0.39 is 0 Å². The van der Waals surface area contributed by atoms with Crippen LogP contribution in [0.15, 0.2) is 53.4 Å². The standard InChI is InChI=1S/C20H21N5O2/c1-13-19(22-12-27-13)20(26)24-17-11-25(18-8-9-21-14(2)23-18)10-16(17)15-6-4-3-5-7-15/h3-9,12,16-17H,10-11H2,1-2H3,(H,24,26)/t16-,17+/m0/s1. The van der Waals surface area contributed by atoms with Gasteiger partial charge in [0.1, 0.15) is 17.4 Å². The molecule has 1 fully saturated rings. The topological polar surface area (TPSA) is 84.2 Å². The lowest BCUT2D eigenvalue weighted by molar-refractivity contribution is 0.0931. The fourth-order valence-corrected chi connectivity index (χ4v) is 3.56. The van der Waals surface area contributed by atoms with Gasteiger partial charge < -0.3 is 14.6 Å². The maximum atomic E-state index is 12.7. The molecular weight excluding hydrogens is 342 g/mol. The van der Waals surface area contributed by atoms with Crippen molar-refractivity contribution in [1.29, 1.82) is 0 Å². The molecule has 3 aromatic rings. The van der Waals surface area contributed by atoms with Gasteiger partial charge in [-0.15, -0.1) is 0 Å². The third kappa shape index (κ3) is 3.53. The summed E-state index contributed by atoms with van der Waals surface area (Å²) in [6, 6.07) is 12.1. The minimum absolute atomic E-state index is 0.0636. The lowest BCUT2D eigenvalue weighted by atomic mass is 9.94. The highest BCUT2D eigenvalue weighted by Crippen LogP contribution is 2.30. The minimum atomic E-state index is -0.215. The first-order chi connectivity index (χ1) is 13.1. The largest absolute Gasteiger partial charge is 0.448 e. The number of amides is 1. The second-order valence-electron chi connectivity index (χ2n) is 6.72. The van der Waals surface area contributed by atoms with Crippen LogP contribution in [0, 0.1) is 13.8 Å². The smallest absolute Gasteiger partial charge is 0.273 e. The molecule has 7 nitrogen and oxygen atoms in total. The third-order valence-corrected chi connectivity index (χ3v) is 4.91. The molecule has 4 rings (SSSR count). The predicted octanol–water partition coefficient (Wildman–Crippen LogP) is 2.48. The molecule has 2 aromatic heterocycles. The van der Waals surface area contributed by atoms with Gasteiger partial charge in [0.25, 0.3) is 5.91 Å². The summed E-state index contributed by atoms with van der Waals surface area (Å²) in [5, 5.41) is 3.14. The SMILES string of the molecule is Cc1nccc(N2C[C@@H](NC(=O)c3ncoc3C)[C@H](c3ccccc3)C2)n1. The van der Waals surface area contributed by atoms with Gasteiger partial charge in [0.15, 0.2) is 12.1 Å². The maximum Gasteiger partial charge on any atom is 0.273 e. The minimum Gasteiger partial charge on any atom is -0.448 e. The van der Waals surface area contributed by atoms with Crippen LogP contribution in [-0.4, -0.2) is 40.0 Å². The van der Waals surface area contributed by atoms with E-state index in [-0.39, 0.29) is 17.9 Å². The first-order valence-corrected chi connectivity index (χ1v) is 8.92. The highest BCUT2D eigenvalue weighted by molar-refractivity contribution is 5.93. The molecule has 1 saturated heterocycles. The van der Waals surface area contributed by atoms with E-state index >= 15 is 0 Å². The molecule has 1 amide bonds. The quantitative estimate of drug-likeness (QED) is 0.767. The van der Waals surface area contributed by atoms with Crippen LogP contribution in [-0.2, 0) is 0 Å². The zero-order valence-electron chi connectivity index (χ0n) is 15.3. The van der Waals surface area contributed by atoms with Crippen LogP contribution in [0.1, 0.15) is 33.6 Å². The van der Waals surface area contributed by atoms with Crippen molar-refractivity contribution in [2.75, 3.05) is 18.0 Å². The first kappa shape index (κ1) is 17.2.